The van der Waals surface area contributed by atoms with Gasteiger partial charge in [-0.25, -0.2) is 12.8 Å². The molecule has 7 heteroatoms. The topological polar surface area (TPSA) is 57.7 Å². The number of amides is 1. The van der Waals surface area contributed by atoms with E-state index in [0.717, 1.165) is 25.3 Å². The van der Waals surface area contributed by atoms with Gasteiger partial charge in [0.25, 0.3) is 5.91 Å². The summed E-state index contributed by atoms with van der Waals surface area (Å²) in [6, 6.07) is 11.3. The van der Waals surface area contributed by atoms with Crippen molar-refractivity contribution in [2.24, 2.45) is 0 Å². The fourth-order valence-corrected chi connectivity index (χ4v) is 5.46. The Morgan fingerprint density at radius 3 is 2.29 bits per heavy atom. The van der Waals surface area contributed by atoms with Crippen molar-refractivity contribution in [1.29, 1.82) is 0 Å². The van der Waals surface area contributed by atoms with Gasteiger partial charge in [0.2, 0.25) is 10.0 Å². The van der Waals surface area contributed by atoms with E-state index >= 15 is 0 Å². The third kappa shape index (κ3) is 3.56. The van der Waals surface area contributed by atoms with Gasteiger partial charge in [0, 0.05) is 31.7 Å². The van der Waals surface area contributed by atoms with Gasteiger partial charge in [0.15, 0.2) is 0 Å². The van der Waals surface area contributed by atoms with Crippen LogP contribution in [0.2, 0.25) is 0 Å². The Labute approximate surface area is 164 Å². The molecule has 1 heterocycles. The van der Waals surface area contributed by atoms with Crippen LogP contribution in [0.15, 0.2) is 47.4 Å². The van der Waals surface area contributed by atoms with Gasteiger partial charge in [-0.2, -0.15) is 4.31 Å². The van der Waals surface area contributed by atoms with Crippen LogP contribution in [0.25, 0.3) is 0 Å². The molecule has 0 atom stereocenters. The smallest absolute Gasteiger partial charge is 0.253 e. The van der Waals surface area contributed by atoms with E-state index in [-0.39, 0.29) is 23.9 Å². The van der Waals surface area contributed by atoms with Crippen molar-refractivity contribution in [3.63, 3.8) is 0 Å². The molecule has 28 heavy (non-hydrogen) atoms. The van der Waals surface area contributed by atoms with Crippen molar-refractivity contribution in [3.05, 3.63) is 65.0 Å². The molecule has 1 saturated heterocycles. The second-order valence-electron chi connectivity index (χ2n) is 7.32. The number of carbonyl (C=O) groups excluding carboxylic acids is 1. The van der Waals surface area contributed by atoms with Gasteiger partial charge in [-0.1, -0.05) is 18.2 Å². The number of hydrogen-bond acceptors (Lipinski definition) is 3. The number of sulfonamides is 1. The van der Waals surface area contributed by atoms with E-state index in [1.54, 1.807) is 4.90 Å². The molecule has 0 N–H and O–H groups in total. The lowest BCUT2D eigenvalue weighted by Gasteiger charge is -2.34. The lowest BCUT2D eigenvalue weighted by molar-refractivity contribution is 0.0697. The minimum Gasteiger partial charge on any atom is -0.336 e. The molecule has 1 aliphatic carbocycles. The molecule has 0 spiro atoms. The van der Waals surface area contributed by atoms with Crippen molar-refractivity contribution < 1.29 is 17.6 Å². The quantitative estimate of drug-likeness (QED) is 0.793. The molecular formula is C21H23FN2O3S. The van der Waals surface area contributed by atoms with Crippen LogP contribution in [-0.4, -0.2) is 49.7 Å². The Balaban J connectivity index is 1.45. The van der Waals surface area contributed by atoms with Crippen LogP contribution in [0.1, 0.15) is 34.3 Å². The van der Waals surface area contributed by atoms with Crippen molar-refractivity contribution in [1.82, 2.24) is 9.21 Å². The number of carbonyl (C=O) groups is 1. The summed E-state index contributed by atoms with van der Waals surface area (Å²) in [5.74, 6) is -0.827. The zero-order valence-corrected chi connectivity index (χ0v) is 16.4. The van der Waals surface area contributed by atoms with Gasteiger partial charge in [0.1, 0.15) is 10.7 Å². The van der Waals surface area contributed by atoms with Gasteiger partial charge in [-0.15, -0.1) is 0 Å². The Kier molecular flexibility index (Phi) is 5.21. The summed E-state index contributed by atoms with van der Waals surface area (Å²) in [6.07, 6.45) is 4.41. The predicted molar refractivity (Wildman–Crippen MR) is 104 cm³/mol. The molecule has 4 rings (SSSR count). The molecular weight excluding hydrogens is 379 g/mol. The molecule has 0 aromatic heterocycles. The lowest BCUT2D eigenvalue weighted by Crippen LogP contribution is -2.50. The van der Waals surface area contributed by atoms with Gasteiger partial charge in [-0.05, 0) is 61.1 Å². The minimum atomic E-state index is -3.90. The number of halogens is 1. The maximum Gasteiger partial charge on any atom is 0.253 e. The number of aryl methyl sites for hydroxylation is 2. The predicted octanol–water partition coefficient (Wildman–Crippen LogP) is 2.85. The van der Waals surface area contributed by atoms with Crippen LogP contribution in [0.4, 0.5) is 4.39 Å². The summed E-state index contributed by atoms with van der Waals surface area (Å²) in [4.78, 5) is 14.2. The number of nitrogens with zero attached hydrogens (tertiary/aromatic N) is 2. The van der Waals surface area contributed by atoms with Crippen LogP contribution in [-0.2, 0) is 22.9 Å². The fourth-order valence-electron chi connectivity index (χ4n) is 3.97. The van der Waals surface area contributed by atoms with Crippen LogP contribution in [0.3, 0.4) is 0 Å². The summed E-state index contributed by atoms with van der Waals surface area (Å²) in [5.41, 5.74) is 3.23. The fraction of sp³-hybridized carbons (Fsp3) is 0.381. The number of fused-ring (bicyclic) bond motifs is 1. The number of hydrogen-bond donors (Lipinski definition) is 0. The summed E-state index contributed by atoms with van der Waals surface area (Å²) < 4.78 is 40.6. The maximum atomic E-state index is 13.9. The van der Waals surface area contributed by atoms with Crippen molar-refractivity contribution >= 4 is 15.9 Å². The Hall–Kier alpha value is -2.25. The summed E-state index contributed by atoms with van der Waals surface area (Å²) in [5, 5.41) is 0. The molecule has 0 saturated carbocycles. The highest BCUT2D eigenvalue weighted by atomic mass is 32.2. The Morgan fingerprint density at radius 1 is 0.893 bits per heavy atom. The largest absolute Gasteiger partial charge is 0.336 e. The van der Waals surface area contributed by atoms with E-state index in [0.29, 0.717) is 18.7 Å². The van der Waals surface area contributed by atoms with E-state index in [9.17, 15) is 17.6 Å². The minimum absolute atomic E-state index is 0.0729. The maximum absolute atomic E-state index is 13.9. The van der Waals surface area contributed by atoms with Crippen molar-refractivity contribution in [3.8, 4) is 0 Å². The number of rotatable bonds is 3. The molecule has 5 nitrogen and oxygen atoms in total. The molecule has 2 aliphatic rings. The van der Waals surface area contributed by atoms with Gasteiger partial charge in [0.05, 0.1) is 0 Å². The van der Waals surface area contributed by atoms with Crippen LogP contribution in [0, 0.1) is 5.82 Å². The lowest BCUT2D eigenvalue weighted by atomic mass is 9.90. The van der Waals surface area contributed by atoms with Crippen molar-refractivity contribution in [2.75, 3.05) is 26.2 Å². The molecule has 2 aromatic carbocycles. The van der Waals surface area contributed by atoms with Gasteiger partial charge < -0.3 is 4.90 Å². The second kappa shape index (κ2) is 7.64. The third-order valence-corrected chi connectivity index (χ3v) is 7.51. The average molecular weight is 402 g/mol. The van der Waals surface area contributed by atoms with E-state index in [2.05, 4.69) is 0 Å². The van der Waals surface area contributed by atoms with E-state index in [1.165, 1.54) is 40.1 Å². The standard InChI is InChI=1S/C21H23FN2O3S/c22-19-7-3-4-8-20(19)28(26,27)24-13-11-23(12-14-24)21(25)18-10-9-16-5-1-2-6-17(16)15-18/h3-4,7-10,15H,1-2,5-6,11-14H2. The summed E-state index contributed by atoms with van der Waals surface area (Å²) in [7, 11) is -3.90. The highest BCUT2D eigenvalue weighted by molar-refractivity contribution is 7.89. The zero-order valence-electron chi connectivity index (χ0n) is 15.6. The molecule has 148 valence electrons. The molecule has 0 bridgehead atoms. The summed E-state index contributed by atoms with van der Waals surface area (Å²) >= 11 is 0. The molecule has 2 aromatic rings. The van der Waals surface area contributed by atoms with Crippen LogP contribution in [0.5, 0.6) is 0 Å². The molecule has 1 amide bonds. The average Bonchev–Trinajstić information content (AvgIpc) is 2.73. The SMILES string of the molecule is O=C(c1ccc2c(c1)CCCC2)N1CCN(S(=O)(=O)c2ccccc2F)CC1. The highest BCUT2D eigenvalue weighted by Gasteiger charge is 2.32. The number of piperazine rings is 1. The Morgan fingerprint density at radius 2 is 1.57 bits per heavy atom. The Bertz CT molecular complexity index is 998. The first-order chi connectivity index (χ1) is 13.5. The first-order valence-corrected chi connectivity index (χ1v) is 11.1. The first kappa shape index (κ1) is 19.1. The van der Waals surface area contributed by atoms with E-state index in [1.807, 2.05) is 18.2 Å². The second-order valence-corrected chi connectivity index (χ2v) is 9.22. The molecule has 1 aliphatic heterocycles. The first-order valence-electron chi connectivity index (χ1n) is 9.62. The number of benzene rings is 2. The molecule has 0 unspecified atom stereocenters. The third-order valence-electron chi connectivity index (χ3n) is 5.58. The van der Waals surface area contributed by atoms with Crippen molar-refractivity contribution in [2.45, 2.75) is 30.6 Å². The summed E-state index contributed by atoms with van der Waals surface area (Å²) in [6.45, 7) is 0.911. The van der Waals surface area contributed by atoms with Gasteiger partial charge >= 0.3 is 0 Å². The monoisotopic (exact) mass is 402 g/mol. The normalized spacial score (nSPS) is 18.0. The molecule has 1 fully saturated rings. The van der Waals surface area contributed by atoms with Gasteiger partial charge in [-0.3, -0.25) is 4.79 Å². The van der Waals surface area contributed by atoms with Crippen LogP contribution >= 0.6 is 0 Å². The van der Waals surface area contributed by atoms with E-state index < -0.39 is 15.8 Å². The highest BCUT2D eigenvalue weighted by Crippen LogP contribution is 2.24. The van der Waals surface area contributed by atoms with E-state index in [4.69, 9.17) is 0 Å². The van der Waals surface area contributed by atoms with Crippen LogP contribution < -0.4 is 0 Å². The molecule has 0 radical (unpaired) electrons. The zero-order chi connectivity index (χ0) is 19.7.